The highest BCUT2D eigenvalue weighted by Crippen LogP contribution is 2.45. The van der Waals surface area contributed by atoms with Gasteiger partial charge in [-0.2, -0.15) is 18.3 Å². The quantitative estimate of drug-likeness (QED) is 0.213. The molecule has 0 bridgehead atoms. The number of methoxy groups -OCH3 is 1. The molecule has 0 fully saturated rings. The van der Waals surface area contributed by atoms with E-state index in [4.69, 9.17) is 13.7 Å². The van der Waals surface area contributed by atoms with E-state index in [0.29, 0.717) is 17.0 Å². The van der Waals surface area contributed by atoms with Crippen LogP contribution >= 0.6 is 0 Å². The molecule has 4 rings (SSSR count). The summed E-state index contributed by atoms with van der Waals surface area (Å²) in [5, 5.41) is 8.21. The van der Waals surface area contributed by atoms with Crippen molar-refractivity contribution in [1.29, 1.82) is 0 Å². The van der Waals surface area contributed by atoms with E-state index in [1.165, 1.54) is 19.6 Å². The lowest BCUT2D eigenvalue weighted by Crippen LogP contribution is -2.44. The van der Waals surface area contributed by atoms with Crippen molar-refractivity contribution in [3.8, 4) is 39.6 Å². The molecular formula is C27H32F3N5O3Si. The molecule has 0 amide bonds. The van der Waals surface area contributed by atoms with Gasteiger partial charge in [-0.3, -0.25) is 4.68 Å². The molecule has 3 aromatic heterocycles. The number of para-hydroxylation sites is 1. The van der Waals surface area contributed by atoms with Crippen LogP contribution in [0.2, 0.25) is 18.1 Å². The van der Waals surface area contributed by atoms with Crippen LogP contribution in [0.1, 0.15) is 33.4 Å². The first-order valence-electron chi connectivity index (χ1n) is 12.4. The first kappa shape index (κ1) is 28.5. The number of aromatic nitrogens is 5. The molecule has 12 heteroatoms. The molecule has 0 radical (unpaired) electrons. The molecular weight excluding hydrogens is 527 g/mol. The number of rotatable bonds is 8. The zero-order valence-corrected chi connectivity index (χ0v) is 24.0. The molecule has 1 aromatic carbocycles. The van der Waals surface area contributed by atoms with Crippen LogP contribution in [0, 0.1) is 0 Å². The second-order valence-corrected chi connectivity index (χ2v) is 15.6. The Balaban J connectivity index is 1.85. The molecule has 0 aliphatic carbocycles. The van der Waals surface area contributed by atoms with Crippen LogP contribution in [-0.4, -0.2) is 46.4 Å². The molecule has 4 aromatic rings. The third-order valence-corrected chi connectivity index (χ3v) is 11.6. The highest BCUT2D eigenvalue weighted by atomic mass is 28.4. The number of nitrogens with zero attached hydrogens (tertiary/aromatic N) is 5. The Hall–Kier alpha value is -3.51. The number of hydrogen-bond donors (Lipinski definition) is 0. The Labute approximate surface area is 226 Å². The minimum absolute atomic E-state index is 0.0856. The molecule has 3 heterocycles. The van der Waals surface area contributed by atoms with Gasteiger partial charge in [0.1, 0.15) is 17.8 Å². The Morgan fingerprint density at radius 1 is 1.08 bits per heavy atom. The molecule has 0 spiro atoms. The number of ether oxygens (including phenoxy) is 1. The first-order valence-corrected chi connectivity index (χ1v) is 15.4. The first-order chi connectivity index (χ1) is 18.2. The van der Waals surface area contributed by atoms with Gasteiger partial charge in [-0.25, -0.2) is 9.97 Å². The van der Waals surface area contributed by atoms with Crippen molar-refractivity contribution in [2.75, 3.05) is 7.11 Å². The van der Waals surface area contributed by atoms with Gasteiger partial charge in [0.25, 0.3) is 0 Å². The lowest BCUT2D eigenvalue weighted by atomic mass is 9.99. The van der Waals surface area contributed by atoms with E-state index in [1.807, 2.05) is 0 Å². The highest BCUT2D eigenvalue weighted by Gasteiger charge is 2.42. The van der Waals surface area contributed by atoms with Crippen molar-refractivity contribution >= 4 is 8.32 Å². The van der Waals surface area contributed by atoms with Gasteiger partial charge in [0.05, 0.1) is 42.8 Å². The normalized spacial score (nSPS) is 13.5. The number of benzene rings is 1. The topological polar surface area (TPSA) is 88.1 Å². The molecule has 1 unspecified atom stereocenters. The summed E-state index contributed by atoms with van der Waals surface area (Å²) in [5.74, 6) is 0.377. The molecule has 0 saturated heterocycles. The SMILES string of the molecule is COc1ccccc1-c1noc(-c2cnn(CC(C)O[Si](C)(C)C(C)(C)C)c2C(F)(F)F)c1-c1ccncn1. The minimum Gasteiger partial charge on any atom is -0.496 e. The van der Waals surface area contributed by atoms with Gasteiger partial charge in [0, 0.05) is 11.8 Å². The summed E-state index contributed by atoms with van der Waals surface area (Å²) in [7, 11) is -0.712. The molecule has 0 aliphatic heterocycles. The van der Waals surface area contributed by atoms with Gasteiger partial charge in [-0.05, 0) is 43.3 Å². The fourth-order valence-electron chi connectivity index (χ4n) is 4.12. The lowest BCUT2D eigenvalue weighted by Gasteiger charge is -2.38. The van der Waals surface area contributed by atoms with Crippen molar-refractivity contribution in [1.82, 2.24) is 24.9 Å². The predicted molar refractivity (Wildman–Crippen MR) is 143 cm³/mol. The zero-order valence-electron chi connectivity index (χ0n) is 23.0. The van der Waals surface area contributed by atoms with Gasteiger partial charge in [0.15, 0.2) is 19.8 Å². The van der Waals surface area contributed by atoms with Crippen LogP contribution in [0.5, 0.6) is 5.75 Å². The molecule has 8 nitrogen and oxygen atoms in total. The summed E-state index contributed by atoms with van der Waals surface area (Å²) in [4.78, 5) is 8.22. The third-order valence-electron chi connectivity index (χ3n) is 6.98. The molecule has 1 atom stereocenters. The summed E-state index contributed by atoms with van der Waals surface area (Å²) >= 11 is 0. The van der Waals surface area contributed by atoms with Crippen molar-refractivity contribution in [2.45, 2.75) is 64.7 Å². The second kappa shape index (κ2) is 10.6. The van der Waals surface area contributed by atoms with Gasteiger partial charge in [0.2, 0.25) is 0 Å². The fraction of sp³-hybridized carbons (Fsp3) is 0.407. The summed E-state index contributed by atoms with van der Waals surface area (Å²) in [6, 6.07) is 8.63. The van der Waals surface area contributed by atoms with E-state index in [1.54, 1.807) is 37.3 Å². The molecule has 208 valence electrons. The second-order valence-electron chi connectivity index (χ2n) is 10.8. The Morgan fingerprint density at radius 2 is 1.79 bits per heavy atom. The lowest BCUT2D eigenvalue weighted by molar-refractivity contribution is -0.144. The maximum Gasteiger partial charge on any atom is 0.433 e. The summed E-state index contributed by atoms with van der Waals surface area (Å²) in [6.45, 7) is 12.0. The van der Waals surface area contributed by atoms with Crippen molar-refractivity contribution in [2.24, 2.45) is 0 Å². The highest BCUT2D eigenvalue weighted by molar-refractivity contribution is 6.74. The number of halogens is 3. The standard InChI is InChI=1S/C27H32F3N5O3Si/c1-17(38-39(6,7)26(2,3)4)15-35-25(27(28,29)30)19(14-33-35)24-22(20-12-13-31-16-32-20)23(34-37-24)18-10-8-9-11-21(18)36-5/h8-14,16-17H,15H2,1-7H3. The van der Waals surface area contributed by atoms with Crippen LogP contribution in [-0.2, 0) is 17.1 Å². The van der Waals surface area contributed by atoms with Crippen LogP contribution in [0.4, 0.5) is 13.2 Å². The summed E-state index contributed by atoms with van der Waals surface area (Å²) < 4.78 is 62.1. The number of hydrogen-bond acceptors (Lipinski definition) is 7. The Morgan fingerprint density at radius 3 is 2.41 bits per heavy atom. The molecule has 0 saturated carbocycles. The van der Waals surface area contributed by atoms with Gasteiger partial charge in [-0.1, -0.05) is 38.1 Å². The van der Waals surface area contributed by atoms with Gasteiger partial charge in [-0.15, -0.1) is 0 Å². The van der Waals surface area contributed by atoms with E-state index in [0.717, 1.165) is 10.9 Å². The molecule has 39 heavy (non-hydrogen) atoms. The van der Waals surface area contributed by atoms with E-state index < -0.39 is 26.3 Å². The molecule has 0 N–H and O–H groups in total. The van der Waals surface area contributed by atoms with Crippen molar-refractivity contribution in [3.05, 3.63) is 54.7 Å². The van der Waals surface area contributed by atoms with E-state index in [9.17, 15) is 13.2 Å². The Kier molecular flexibility index (Phi) is 7.72. The van der Waals surface area contributed by atoms with Gasteiger partial charge < -0.3 is 13.7 Å². The van der Waals surface area contributed by atoms with Crippen LogP contribution in [0.15, 0.2) is 53.6 Å². The zero-order chi connectivity index (χ0) is 28.6. The summed E-state index contributed by atoms with van der Waals surface area (Å²) in [6.07, 6.45) is -1.27. The largest absolute Gasteiger partial charge is 0.496 e. The monoisotopic (exact) mass is 559 g/mol. The van der Waals surface area contributed by atoms with E-state index in [2.05, 4.69) is 54.1 Å². The minimum atomic E-state index is -4.73. The molecule has 0 aliphatic rings. The van der Waals surface area contributed by atoms with Crippen LogP contribution in [0.25, 0.3) is 33.8 Å². The average Bonchev–Trinajstić information content (AvgIpc) is 3.47. The maximum absolute atomic E-state index is 14.6. The Bertz CT molecular complexity index is 1430. The fourth-order valence-corrected chi connectivity index (χ4v) is 5.56. The van der Waals surface area contributed by atoms with Crippen molar-refractivity contribution in [3.63, 3.8) is 0 Å². The van der Waals surface area contributed by atoms with Crippen molar-refractivity contribution < 1.29 is 26.9 Å². The smallest absolute Gasteiger partial charge is 0.433 e. The summed E-state index contributed by atoms with van der Waals surface area (Å²) in [5.41, 5.74) is 0.253. The average molecular weight is 560 g/mol. The van der Waals surface area contributed by atoms with E-state index >= 15 is 0 Å². The number of alkyl halides is 3. The van der Waals surface area contributed by atoms with E-state index in [-0.39, 0.29) is 34.2 Å². The van der Waals surface area contributed by atoms with Crippen LogP contribution < -0.4 is 4.74 Å². The maximum atomic E-state index is 14.6. The van der Waals surface area contributed by atoms with Gasteiger partial charge >= 0.3 is 6.18 Å². The predicted octanol–water partition coefficient (Wildman–Crippen LogP) is 7.10. The third kappa shape index (κ3) is 5.76. The van der Waals surface area contributed by atoms with Crippen LogP contribution in [0.3, 0.4) is 0 Å².